The maximum absolute atomic E-state index is 13.3. The van der Waals surface area contributed by atoms with Gasteiger partial charge in [-0.25, -0.2) is 4.39 Å². The van der Waals surface area contributed by atoms with Crippen molar-refractivity contribution in [3.05, 3.63) is 77.3 Å². The number of ether oxygens (including phenoxy) is 2. The molecule has 1 amide bonds. The highest BCUT2D eigenvalue weighted by Crippen LogP contribution is 2.34. The number of carbonyl (C=O) groups excluding carboxylic acids is 1. The number of carbonyl (C=O) groups is 1. The Kier molecular flexibility index (Phi) is 9.62. The lowest BCUT2D eigenvalue weighted by Crippen LogP contribution is -2.48. The van der Waals surface area contributed by atoms with E-state index >= 15 is 0 Å². The summed E-state index contributed by atoms with van der Waals surface area (Å²) in [5, 5.41) is 12.3. The van der Waals surface area contributed by atoms with E-state index in [0.717, 1.165) is 12.0 Å². The smallest absolute Gasteiger partial charge is 0.237 e. The van der Waals surface area contributed by atoms with Crippen molar-refractivity contribution in [1.82, 2.24) is 9.80 Å². The average molecular weight is 475 g/mol. The van der Waals surface area contributed by atoms with Gasteiger partial charge in [-0.15, -0.1) is 24.5 Å². The summed E-state index contributed by atoms with van der Waals surface area (Å²) < 4.78 is 24.5. The van der Waals surface area contributed by atoms with Crippen molar-refractivity contribution in [3.8, 4) is 5.75 Å². The minimum absolute atomic E-state index is 0.0411. The molecule has 0 aliphatic carbocycles. The minimum atomic E-state index is -0.722. The lowest BCUT2D eigenvalue weighted by Gasteiger charge is -2.37. The number of halogens is 1. The number of aliphatic hydroxyl groups is 1. The van der Waals surface area contributed by atoms with Crippen LogP contribution in [0.1, 0.15) is 16.5 Å². The van der Waals surface area contributed by atoms with E-state index in [2.05, 4.69) is 13.2 Å². The predicted octanol–water partition coefficient (Wildman–Crippen LogP) is 3.44. The Morgan fingerprint density at radius 2 is 2.09 bits per heavy atom. The fourth-order valence-electron chi connectivity index (χ4n) is 3.89. The SMILES string of the molecule is C=CCOC[C@@H](O)CN(CC=C)CC(=O)N1CCc2sccc2[C@@H]1COc1ccc(F)cc1. The number of nitrogens with zero attached hydrogens (tertiary/aromatic N) is 2. The zero-order valence-corrected chi connectivity index (χ0v) is 19.5. The third-order valence-corrected chi connectivity index (χ3v) is 6.39. The molecule has 2 heterocycles. The third kappa shape index (κ3) is 7.23. The van der Waals surface area contributed by atoms with Crippen molar-refractivity contribution in [2.75, 3.05) is 46.0 Å². The molecule has 33 heavy (non-hydrogen) atoms. The third-order valence-electron chi connectivity index (χ3n) is 5.40. The normalized spacial score (nSPS) is 16.3. The zero-order valence-electron chi connectivity index (χ0n) is 18.7. The van der Waals surface area contributed by atoms with Crippen LogP contribution in [0.3, 0.4) is 0 Å². The Bertz CT molecular complexity index is 917. The summed E-state index contributed by atoms with van der Waals surface area (Å²) in [6, 6.07) is 7.68. The number of aliphatic hydroxyl groups excluding tert-OH is 1. The lowest BCUT2D eigenvalue weighted by atomic mass is 10.0. The molecule has 1 aromatic carbocycles. The van der Waals surface area contributed by atoms with E-state index in [0.29, 0.717) is 32.0 Å². The number of hydrogen-bond donors (Lipinski definition) is 1. The van der Waals surface area contributed by atoms with Gasteiger partial charge >= 0.3 is 0 Å². The van der Waals surface area contributed by atoms with Gasteiger partial charge in [0.05, 0.1) is 31.9 Å². The van der Waals surface area contributed by atoms with Crippen molar-refractivity contribution in [2.24, 2.45) is 0 Å². The van der Waals surface area contributed by atoms with Crippen LogP contribution in [0, 0.1) is 5.82 Å². The largest absolute Gasteiger partial charge is 0.491 e. The van der Waals surface area contributed by atoms with Crippen molar-refractivity contribution in [1.29, 1.82) is 0 Å². The lowest BCUT2D eigenvalue weighted by molar-refractivity contribution is -0.136. The molecular weight excluding hydrogens is 443 g/mol. The van der Waals surface area contributed by atoms with E-state index in [1.165, 1.54) is 17.0 Å². The predicted molar refractivity (Wildman–Crippen MR) is 128 cm³/mol. The van der Waals surface area contributed by atoms with Gasteiger partial charge in [0.2, 0.25) is 5.91 Å². The molecule has 0 saturated heterocycles. The number of fused-ring (bicyclic) bond motifs is 1. The van der Waals surface area contributed by atoms with Crippen molar-refractivity contribution >= 4 is 17.2 Å². The highest BCUT2D eigenvalue weighted by atomic mass is 32.1. The molecule has 2 atom stereocenters. The first-order valence-electron chi connectivity index (χ1n) is 11.0. The van der Waals surface area contributed by atoms with Crippen molar-refractivity contribution in [2.45, 2.75) is 18.6 Å². The van der Waals surface area contributed by atoms with Gasteiger partial charge in [-0.2, -0.15) is 0 Å². The molecule has 1 N–H and O–H groups in total. The van der Waals surface area contributed by atoms with Crippen LogP contribution in [-0.2, 0) is 16.0 Å². The van der Waals surface area contributed by atoms with Gasteiger partial charge in [-0.1, -0.05) is 12.2 Å². The fraction of sp³-hybridized carbons (Fsp3) is 0.400. The van der Waals surface area contributed by atoms with Gasteiger partial charge in [0.25, 0.3) is 0 Å². The van der Waals surface area contributed by atoms with Crippen LogP contribution >= 0.6 is 11.3 Å². The monoisotopic (exact) mass is 474 g/mol. The number of amides is 1. The van der Waals surface area contributed by atoms with Crippen LogP contribution < -0.4 is 4.74 Å². The minimum Gasteiger partial charge on any atom is -0.491 e. The Hall–Kier alpha value is -2.52. The van der Waals surface area contributed by atoms with Gasteiger partial charge in [-0.3, -0.25) is 9.69 Å². The Balaban J connectivity index is 1.67. The zero-order chi connectivity index (χ0) is 23.6. The van der Waals surface area contributed by atoms with E-state index in [1.807, 2.05) is 21.2 Å². The standard InChI is InChI=1S/C25H31FN2O4S/c1-3-11-27(15-20(29)17-31-13-4-2)16-25(30)28-12-9-24-22(10-14-33-24)23(28)18-32-21-7-5-19(26)6-8-21/h3-8,10,14,20,23,29H,1-2,9,11-13,15-18H2/t20-,23-/m0/s1. The molecule has 1 aliphatic heterocycles. The summed E-state index contributed by atoms with van der Waals surface area (Å²) in [6.45, 7) is 9.69. The second kappa shape index (κ2) is 12.6. The van der Waals surface area contributed by atoms with Crippen LogP contribution in [0.5, 0.6) is 5.75 Å². The summed E-state index contributed by atoms with van der Waals surface area (Å²) in [5.74, 6) is 0.194. The maximum Gasteiger partial charge on any atom is 0.237 e. The molecule has 3 rings (SSSR count). The molecule has 6 nitrogen and oxygen atoms in total. The summed E-state index contributed by atoms with van der Waals surface area (Å²) >= 11 is 1.69. The van der Waals surface area contributed by atoms with Crippen LogP contribution in [0.25, 0.3) is 0 Å². The molecule has 0 radical (unpaired) electrons. The number of hydrogen-bond acceptors (Lipinski definition) is 6. The Morgan fingerprint density at radius 1 is 1.30 bits per heavy atom. The average Bonchev–Trinajstić information content (AvgIpc) is 3.28. The van der Waals surface area contributed by atoms with Crippen LogP contribution in [0.4, 0.5) is 4.39 Å². The van der Waals surface area contributed by atoms with Crippen LogP contribution in [0.2, 0.25) is 0 Å². The van der Waals surface area contributed by atoms with Crippen molar-refractivity contribution in [3.63, 3.8) is 0 Å². The number of thiophene rings is 1. The second-order valence-electron chi connectivity index (χ2n) is 7.88. The first kappa shape index (κ1) is 25.1. The molecule has 0 fully saturated rings. The molecule has 2 aromatic rings. The number of rotatable bonds is 13. The molecule has 8 heteroatoms. The number of benzene rings is 1. The first-order valence-corrected chi connectivity index (χ1v) is 11.8. The maximum atomic E-state index is 13.3. The molecule has 0 spiro atoms. The van der Waals surface area contributed by atoms with E-state index in [9.17, 15) is 14.3 Å². The second-order valence-corrected chi connectivity index (χ2v) is 8.88. The Labute approximate surface area is 198 Å². The van der Waals surface area contributed by atoms with E-state index in [1.54, 1.807) is 35.6 Å². The van der Waals surface area contributed by atoms with E-state index in [-0.39, 0.29) is 37.5 Å². The van der Waals surface area contributed by atoms with Gasteiger partial charge in [0.1, 0.15) is 18.2 Å². The van der Waals surface area contributed by atoms with Gasteiger partial charge in [0.15, 0.2) is 0 Å². The van der Waals surface area contributed by atoms with Crippen LogP contribution in [-0.4, -0.2) is 72.9 Å². The molecule has 1 aliphatic rings. The molecule has 0 bridgehead atoms. The Morgan fingerprint density at radius 3 is 2.82 bits per heavy atom. The summed E-state index contributed by atoms with van der Waals surface area (Å²) in [7, 11) is 0. The van der Waals surface area contributed by atoms with Gasteiger partial charge in [0, 0.05) is 24.5 Å². The topological polar surface area (TPSA) is 62.2 Å². The van der Waals surface area contributed by atoms with Gasteiger partial charge < -0.3 is 19.5 Å². The van der Waals surface area contributed by atoms with Crippen molar-refractivity contribution < 1.29 is 23.8 Å². The molecule has 178 valence electrons. The van der Waals surface area contributed by atoms with E-state index < -0.39 is 6.10 Å². The van der Waals surface area contributed by atoms with E-state index in [4.69, 9.17) is 9.47 Å². The fourth-order valence-corrected chi connectivity index (χ4v) is 4.82. The summed E-state index contributed by atoms with van der Waals surface area (Å²) in [5.41, 5.74) is 1.09. The van der Waals surface area contributed by atoms with Gasteiger partial charge in [-0.05, 0) is 47.7 Å². The molecular formula is C25H31FN2O4S. The summed E-state index contributed by atoms with van der Waals surface area (Å²) in [6.07, 6.45) is 3.42. The van der Waals surface area contributed by atoms with Crippen LogP contribution in [0.15, 0.2) is 61.0 Å². The highest BCUT2D eigenvalue weighted by Gasteiger charge is 2.33. The molecule has 0 unspecified atom stereocenters. The summed E-state index contributed by atoms with van der Waals surface area (Å²) in [4.78, 5) is 18.3. The molecule has 1 aromatic heterocycles. The first-order chi connectivity index (χ1) is 16.0. The molecule has 0 saturated carbocycles. The quantitative estimate of drug-likeness (QED) is 0.356. The highest BCUT2D eigenvalue weighted by molar-refractivity contribution is 7.10.